The number of nitrogens with one attached hydrogen (secondary N) is 1. The van der Waals surface area contributed by atoms with Crippen LogP contribution in [0.5, 0.6) is 5.75 Å². The molecule has 1 aromatic rings. The van der Waals surface area contributed by atoms with Gasteiger partial charge >= 0.3 is 6.09 Å². The number of carbonyl (C=O) groups is 2. The van der Waals surface area contributed by atoms with Crippen molar-refractivity contribution in [3.8, 4) is 5.75 Å². The van der Waals surface area contributed by atoms with Crippen molar-refractivity contribution in [3.63, 3.8) is 0 Å². The summed E-state index contributed by atoms with van der Waals surface area (Å²) in [4.78, 5) is 25.4. The number of rotatable bonds is 3. The lowest BCUT2D eigenvalue weighted by molar-refractivity contribution is 0.00775. The van der Waals surface area contributed by atoms with Crippen molar-refractivity contribution in [2.75, 3.05) is 20.1 Å². The summed E-state index contributed by atoms with van der Waals surface area (Å²) in [7, 11) is 1.60. The van der Waals surface area contributed by atoms with Crippen LogP contribution in [0.4, 0.5) is 4.79 Å². The van der Waals surface area contributed by atoms with Gasteiger partial charge in [0.1, 0.15) is 17.5 Å². The molecule has 2 rings (SSSR count). The molecule has 0 spiro atoms. The van der Waals surface area contributed by atoms with Crippen LogP contribution in [0.3, 0.4) is 0 Å². The molecule has 1 atom stereocenters. The van der Waals surface area contributed by atoms with E-state index in [1.807, 2.05) is 20.8 Å². The first-order valence-corrected chi connectivity index (χ1v) is 8.25. The van der Waals surface area contributed by atoms with Crippen molar-refractivity contribution in [1.29, 1.82) is 0 Å². The summed E-state index contributed by atoms with van der Waals surface area (Å²) < 4.78 is 11.4. The zero-order valence-electron chi connectivity index (χ0n) is 14.8. The topological polar surface area (TPSA) is 67.9 Å². The summed E-state index contributed by atoms with van der Waals surface area (Å²) in [5.74, 6) is 0.564. The molecule has 1 aliphatic heterocycles. The Morgan fingerprint density at radius 2 is 1.88 bits per heavy atom. The molecule has 2 amide bonds. The van der Waals surface area contributed by atoms with Crippen molar-refractivity contribution >= 4 is 12.0 Å². The van der Waals surface area contributed by atoms with E-state index in [1.165, 1.54) is 0 Å². The van der Waals surface area contributed by atoms with Crippen LogP contribution in [0, 0.1) is 0 Å². The third kappa shape index (κ3) is 5.15. The lowest BCUT2D eigenvalue weighted by Gasteiger charge is -2.34. The van der Waals surface area contributed by atoms with Gasteiger partial charge < -0.3 is 19.7 Å². The molecule has 0 aliphatic carbocycles. The number of nitrogens with zero attached hydrogens (tertiary/aromatic N) is 1. The second-order valence-corrected chi connectivity index (χ2v) is 6.91. The zero-order valence-corrected chi connectivity index (χ0v) is 14.8. The first-order valence-electron chi connectivity index (χ1n) is 8.25. The van der Waals surface area contributed by atoms with E-state index >= 15 is 0 Å². The number of piperidine rings is 1. The average Bonchev–Trinajstić information content (AvgIpc) is 2.53. The van der Waals surface area contributed by atoms with Crippen LogP contribution in [-0.4, -0.2) is 48.7 Å². The first kappa shape index (κ1) is 18.1. The van der Waals surface area contributed by atoms with Gasteiger partial charge in [0.05, 0.1) is 6.54 Å². The summed E-state index contributed by atoms with van der Waals surface area (Å²) in [6, 6.07) is 7.00. The molecule has 1 aliphatic rings. The van der Waals surface area contributed by atoms with Crippen molar-refractivity contribution in [2.45, 2.75) is 45.3 Å². The van der Waals surface area contributed by atoms with E-state index in [0.717, 1.165) is 12.8 Å². The average molecular weight is 334 g/mol. The monoisotopic (exact) mass is 334 g/mol. The van der Waals surface area contributed by atoms with Gasteiger partial charge in [-0.15, -0.1) is 0 Å². The highest BCUT2D eigenvalue weighted by Gasteiger charge is 2.28. The minimum atomic E-state index is -0.499. The highest BCUT2D eigenvalue weighted by atomic mass is 16.6. The van der Waals surface area contributed by atoms with Crippen LogP contribution in [0.25, 0.3) is 0 Å². The van der Waals surface area contributed by atoms with E-state index in [2.05, 4.69) is 5.32 Å². The smallest absolute Gasteiger partial charge is 0.410 e. The number of hydrogen-bond donors (Lipinski definition) is 1. The van der Waals surface area contributed by atoms with Crippen LogP contribution >= 0.6 is 0 Å². The molecule has 1 fully saturated rings. The number of benzene rings is 1. The van der Waals surface area contributed by atoms with E-state index in [0.29, 0.717) is 24.4 Å². The number of amides is 2. The van der Waals surface area contributed by atoms with Gasteiger partial charge in [-0.1, -0.05) is 0 Å². The second-order valence-electron chi connectivity index (χ2n) is 6.91. The van der Waals surface area contributed by atoms with E-state index in [1.54, 1.807) is 36.2 Å². The fourth-order valence-electron chi connectivity index (χ4n) is 2.55. The van der Waals surface area contributed by atoms with Crippen molar-refractivity contribution in [1.82, 2.24) is 10.2 Å². The lowest BCUT2D eigenvalue weighted by Crippen LogP contribution is -2.46. The van der Waals surface area contributed by atoms with E-state index < -0.39 is 5.60 Å². The number of carbonyl (C=O) groups excluding carboxylic acids is 2. The Morgan fingerprint density at radius 3 is 2.46 bits per heavy atom. The minimum absolute atomic E-state index is 0.0721. The molecule has 0 radical (unpaired) electrons. The minimum Gasteiger partial charge on any atom is -0.489 e. The maximum absolute atomic E-state index is 12.2. The Kier molecular flexibility index (Phi) is 5.70. The molecule has 132 valence electrons. The third-order valence-electron chi connectivity index (χ3n) is 3.68. The highest BCUT2D eigenvalue weighted by Crippen LogP contribution is 2.20. The van der Waals surface area contributed by atoms with Crippen molar-refractivity contribution in [3.05, 3.63) is 29.8 Å². The molecular weight excluding hydrogens is 308 g/mol. The Bertz CT molecular complexity index is 578. The number of hydrogen-bond acceptors (Lipinski definition) is 4. The molecule has 0 saturated carbocycles. The lowest BCUT2D eigenvalue weighted by atomic mass is 10.1. The molecule has 24 heavy (non-hydrogen) atoms. The van der Waals surface area contributed by atoms with Crippen molar-refractivity contribution in [2.24, 2.45) is 0 Å². The fourth-order valence-corrected chi connectivity index (χ4v) is 2.55. The standard InChI is InChI=1S/C18H26N2O4/c1-18(2,3)24-17(22)20-11-5-6-15(12-20)23-14-9-7-13(8-10-14)16(21)19-4/h7-10,15H,5-6,11-12H2,1-4H3,(H,19,21). The number of ether oxygens (including phenoxy) is 2. The van der Waals surface area contributed by atoms with Gasteiger partial charge in [0, 0.05) is 19.2 Å². The Labute approximate surface area is 143 Å². The third-order valence-corrected chi connectivity index (χ3v) is 3.68. The predicted molar refractivity (Wildman–Crippen MR) is 91.3 cm³/mol. The first-order chi connectivity index (χ1) is 11.3. The molecule has 1 unspecified atom stereocenters. The van der Waals surface area contributed by atoms with Gasteiger partial charge in [0.25, 0.3) is 5.91 Å². The molecule has 1 aromatic carbocycles. The Morgan fingerprint density at radius 1 is 1.21 bits per heavy atom. The summed E-state index contributed by atoms with van der Waals surface area (Å²) in [5.41, 5.74) is 0.0875. The largest absolute Gasteiger partial charge is 0.489 e. The Hall–Kier alpha value is -2.24. The normalized spacial score (nSPS) is 18.0. The predicted octanol–water partition coefficient (Wildman–Crippen LogP) is 2.82. The van der Waals surface area contributed by atoms with E-state index in [4.69, 9.17) is 9.47 Å². The van der Waals surface area contributed by atoms with Crippen molar-refractivity contribution < 1.29 is 19.1 Å². The Balaban J connectivity index is 1.93. The molecule has 0 bridgehead atoms. The van der Waals surface area contributed by atoms with Crippen LogP contribution < -0.4 is 10.1 Å². The van der Waals surface area contributed by atoms with Gasteiger partial charge in [0.15, 0.2) is 0 Å². The van der Waals surface area contributed by atoms with Gasteiger partial charge in [-0.05, 0) is 57.9 Å². The number of likely N-dealkylation sites (tertiary alicyclic amines) is 1. The molecule has 1 saturated heterocycles. The second kappa shape index (κ2) is 7.55. The zero-order chi connectivity index (χ0) is 17.7. The van der Waals surface area contributed by atoms with Gasteiger partial charge in [0.2, 0.25) is 0 Å². The fraction of sp³-hybridized carbons (Fsp3) is 0.556. The molecule has 6 nitrogen and oxygen atoms in total. The summed E-state index contributed by atoms with van der Waals surface area (Å²) in [5, 5.41) is 2.58. The summed E-state index contributed by atoms with van der Waals surface area (Å²) in [6.45, 7) is 6.76. The molecule has 0 aromatic heterocycles. The molecule has 1 heterocycles. The molecule has 6 heteroatoms. The molecular formula is C18H26N2O4. The maximum Gasteiger partial charge on any atom is 0.410 e. The highest BCUT2D eigenvalue weighted by molar-refractivity contribution is 5.94. The summed E-state index contributed by atoms with van der Waals surface area (Å²) in [6.07, 6.45) is 1.39. The van der Waals surface area contributed by atoms with Crippen LogP contribution in [0.2, 0.25) is 0 Å². The van der Waals surface area contributed by atoms with Gasteiger partial charge in [-0.2, -0.15) is 0 Å². The maximum atomic E-state index is 12.2. The quantitative estimate of drug-likeness (QED) is 0.923. The summed E-state index contributed by atoms with van der Waals surface area (Å²) >= 11 is 0. The van der Waals surface area contributed by atoms with Gasteiger partial charge in [-0.25, -0.2) is 4.79 Å². The van der Waals surface area contributed by atoms with Crippen LogP contribution in [-0.2, 0) is 4.74 Å². The van der Waals surface area contributed by atoms with Gasteiger partial charge in [-0.3, -0.25) is 4.79 Å². The van der Waals surface area contributed by atoms with E-state index in [9.17, 15) is 9.59 Å². The SMILES string of the molecule is CNC(=O)c1ccc(OC2CCCN(C(=O)OC(C)(C)C)C2)cc1. The van der Waals surface area contributed by atoms with Crippen LogP contribution in [0.15, 0.2) is 24.3 Å². The molecule has 1 N–H and O–H groups in total. The van der Waals surface area contributed by atoms with E-state index in [-0.39, 0.29) is 18.1 Å². The van der Waals surface area contributed by atoms with Crippen LogP contribution in [0.1, 0.15) is 44.0 Å².